The lowest BCUT2D eigenvalue weighted by molar-refractivity contribution is 0.148. The molecule has 2 aromatic heterocycles. The molecule has 0 unspecified atom stereocenters. The van der Waals surface area contributed by atoms with Gasteiger partial charge in [-0.2, -0.15) is 0 Å². The van der Waals surface area contributed by atoms with Crippen LogP contribution in [0.1, 0.15) is 5.56 Å². The summed E-state index contributed by atoms with van der Waals surface area (Å²) in [6.45, 7) is 5.52. The molecule has 1 saturated heterocycles. The van der Waals surface area contributed by atoms with Gasteiger partial charge in [-0.25, -0.2) is 9.97 Å². The monoisotopic (exact) mass is 389 g/mol. The fourth-order valence-electron chi connectivity index (χ4n) is 3.68. The van der Waals surface area contributed by atoms with Gasteiger partial charge < -0.3 is 4.90 Å². The van der Waals surface area contributed by atoms with Crippen LogP contribution in [-0.2, 0) is 6.54 Å². The van der Waals surface area contributed by atoms with Crippen molar-refractivity contribution >= 4 is 22.4 Å². The molecular formula is C22H23N5S. The van der Waals surface area contributed by atoms with E-state index in [1.165, 1.54) is 5.56 Å². The van der Waals surface area contributed by atoms with Gasteiger partial charge in [0.15, 0.2) is 5.13 Å². The molecule has 0 N–H and O–H groups in total. The lowest BCUT2D eigenvalue weighted by Crippen LogP contribution is -2.43. The van der Waals surface area contributed by atoms with Crippen molar-refractivity contribution in [2.45, 2.75) is 6.54 Å². The molecule has 28 heavy (non-hydrogen) atoms. The standard InChI is InChI=1S/C22H23N5S/c1-25-9-11-26(12-10-25)14-17-7-8-19-21(13-17)27(16-23-19)22-24-20(15-28-22)18-5-3-2-4-6-18/h2-8,13,15-16H,9-12,14H2,1H3. The topological polar surface area (TPSA) is 37.2 Å². The Morgan fingerprint density at radius 3 is 2.64 bits per heavy atom. The Bertz CT molecular complexity index is 1080. The number of hydrogen-bond donors (Lipinski definition) is 0. The third-order valence-corrected chi connectivity index (χ3v) is 6.22. The van der Waals surface area contributed by atoms with E-state index in [0.29, 0.717) is 0 Å². The van der Waals surface area contributed by atoms with E-state index in [1.807, 2.05) is 24.5 Å². The highest BCUT2D eigenvalue weighted by Gasteiger charge is 2.15. The zero-order chi connectivity index (χ0) is 18.9. The number of aromatic nitrogens is 3. The fraction of sp³-hybridized carbons (Fsp3) is 0.273. The first-order chi connectivity index (χ1) is 13.8. The van der Waals surface area contributed by atoms with Gasteiger partial charge in [-0.1, -0.05) is 36.4 Å². The minimum Gasteiger partial charge on any atom is -0.304 e. The maximum Gasteiger partial charge on any atom is 0.195 e. The van der Waals surface area contributed by atoms with Crippen LogP contribution in [0.25, 0.3) is 27.4 Å². The van der Waals surface area contributed by atoms with Gasteiger partial charge >= 0.3 is 0 Å². The summed E-state index contributed by atoms with van der Waals surface area (Å²) >= 11 is 1.65. The second-order valence-corrected chi connectivity index (χ2v) is 8.23. The molecule has 0 bridgehead atoms. The van der Waals surface area contributed by atoms with Crippen LogP contribution in [0.5, 0.6) is 0 Å². The average Bonchev–Trinajstić information content (AvgIpc) is 3.37. The van der Waals surface area contributed by atoms with Crippen molar-refractivity contribution in [2.75, 3.05) is 33.2 Å². The third kappa shape index (κ3) is 3.46. The number of imidazole rings is 1. The normalized spacial score (nSPS) is 16.0. The second-order valence-electron chi connectivity index (χ2n) is 7.40. The molecule has 142 valence electrons. The lowest BCUT2D eigenvalue weighted by atomic mass is 10.1. The SMILES string of the molecule is CN1CCN(Cc2ccc3ncn(-c4nc(-c5ccccc5)cs4)c3c2)CC1. The fourth-order valence-corrected chi connectivity index (χ4v) is 4.50. The zero-order valence-corrected chi connectivity index (χ0v) is 16.8. The molecule has 5 rings (SSSR count). The molecule has 0 spiro atoms. The number of piperazine rings is 1. The first-order valence-corrected chi connectivity index (χ1v) is 10.5. The minimum atomic E-state index is 0.957. The van der Waals surface area contributed by atoms with Crippen molar-refractivity contribution in [1.29, 1.82) is 0 Å². The molecule has 3 heterocycles. The van der Waals surface area contributed by atoms with E-state index in [0.717, 1.165) is 60.1 Å². The number of thiazole rings is 1. The Balaban J connectivity index is 1.43. The second kappa shape index (κ2) is 7.47. The van der Waals surface area contributed by atoms with Crippen molar-refractivity contribution in [3.63, 3.8) is 0 Å². The van der Waals surface area contributed by atoms with Crippen molar-refractivity contribution in [1.82, 2.24) is 24.3 Å². The Labute approximate surface area is 168 Å². The molecule has 2 aromatic carbocycles. The molecule has 0 amide bonds. The van der Waals surface area contributed by atoms with Gasteiger partial charge in [-0.15, -0.1) is 11.3 Å². The van der Waals surface area contributed by atoms with Crippen LogP contribution in [0.3, 0.4) is 0 Å². The molecule has 1 fully saturated rings. The molecule has 0 atom stereocenters. The summed E-state index contributed by atoms with van der Waals surface area (Å²) in [4.78, 5) is 14.4. The van der Waals surface area contributed by atoms with E-state index in [-0.39, 0.29) is 0 Å². The zero-order valence-electron chi connectivity index (χ0n) is 16.0. The summed E-state index contributed by atoms with van der Waals surface area (Å²) in [7, 11) is 2.19. The van der Waals surface area contributed by atoms with Gasteiger partial charge in [0.05, 0.1) is 16.7 Å². The Morgan fingerprint density at radius 1 is 1.00 bits per heavy atom. The first kappa shape index (κ1) is 17.6. The molecule has 1 aliphatic heterocycles. The number of benzene rings is 2. The van der Waals surface area contributed by atoms with E-state index in [1.54, 1.807) is 11.3 Å². The minimum absolute atomic E-state index is 0.957. The summed E-state index contributed by atoms with van der Waals surface area (Å²) in [5.41, 5.74) is 5.62. The maximum absolute atomic E-state index is 4.85. The Morgan fingerprint density at radius 2 is 1.82 bits per heavy atom. The highest BCUT2D eigenvalue weighted by atomic mass is 32.1. The van der Waals surface area contributed by atoms with E-state index < -0.39 is 0 Å². The molecule has 6 heteroatoms. The maximum atomic E-state index is 4.85. The summed E-state index contributed by atoms with van der Waals surface area (Å²) in [5.74, 6) is 0. The van der Waals surface area contributed by atoms with Gasteiger partial charge in [0.25, 0.3) is 0 Å². The largest absolute Gasteiger partial charge is 0.304 e. The first-order valence-electron chi connectivity index (χ1n) is 9.64. The van der Waals surface area contributed by atoms with Gasteiger partial charge in [-0.05, 0) is 24.7 Å². The van der Waals surface area contributed by atoms with Gasteiger partial charge in [0, 0.05) is 43.7 Å². The number of hydrogen-bond acceptors (Lipinski definition) is 5. The summed E-state index contributed by atoms with van der Waals surface area (Å²) < 4.78 is 2.11. The molecule has 5 nitrogen and oxygen atoms in total. The average molecular weight is 390 g/mol. The Kier molecular flexibility index (Phi) is 4.68. The predicted molar refractivity (Wildman–Crippen MR) is 115 cm³/mol. The van der Waals surface area contributed by atoms with E-state index in [2.05, 4.69) is 62.1 Å². The quantitative estimate of drug-likeness (QED) is 0.531. The van der Waals surface area contributed by atoms with Crippen LogP contribution in [0, 0.1) is 0 Å². The van der Waals surface area contributed by atoms with Crippen molar-refractivity contribution < 1.29 is 0 Å². The van der Waals surface area contributed by atoms with Crippen LogP contribution < -0.4 is 0 Å². The predicted octanol–water partition coefficient (Wildman–Crippen LogP) is 3.90. The van der Waals surface area contributed by atoms with Crippen LogP contribution in [0.4, 0.5) is 0 Å². The third-order valence-electron chi connectivity index (χ3n) is 5.38. The van der Waals surface area contributed by atoms with E-state index in [9.17, 15) is 0 Å². The highest BCUT2D eigenvalue weighted by Crippen LogP contribution is 2.27. The molecule has 0 radical (unpaired) electrons. The van der Waals surface area contributed by atoms with Crippen molar-refractivity contribution in [2.24, 2.45) is 0 Å². The Hall–Kier alpha value is -2.54. The number of nitrogens with zero attached hydrogens (tertiary/aromatic N) is 5. The van der Waals surface area contributed by atoms with Crippen molar-refractivity contribution in [3.05, 3.63) is 65.8 Å². The molecule has 0 saturated carbocycles. The molecular weight excluding hydrogens is 366 g/mol. The van der Waals surface area contributed by atoms with Gasteiger partial charge in [0.1, 0.15) is 6.33 Å². The number of fused-ring (bicyclic) bond motifs is 1. The highest BCUT2D eigenvalue weighted by molar-refractivity contribution is 7.12. The number of rotatable bonds is 4. The van der Waals surface area contributed by atoms with Crippen molar-refractivity contribution in [3.8, 4) is 16.4 Å². The van der Waals surface area contributed by atoms with Gasteiger partial charge in [0.2, 0.25) is 0 Å². The lowest BCUT2D eigenvalue weighted by Gasteiger charge is -2.32. The summed E-state index contributed by atoms with van der Waals surface area (Å²) in [6, 6.07) is 16.9. The van der Waals surface area contributed by atoms with E-state index in [4.69, 9.17) is 4.98 Å². The van der Waals surface area contributed by atoms with Crippen LogP contribution in [0.15, 0.2) is 60.2 Å². The summed E-state index contributed by atoms with van der Waals surface area (Å²) in [6.07, 6.45) is 1.89. The molecule has 1 aliphatic rings. The van der Waals surface area contributed by atoms with Crippen LogP contribution in [0.2, 0.25) is 0 Å². The smallest absolute Gasteiger partial charge is 0.195 e. The van der Waals surface area contributed by atoms with E-state index >= 15 is 0 Å². The van der Waals surface area contributed by atoms with Crippen LogP contribution in [-0.4, -0.2) is 57.6 Å². The van der Waals surface area contributed by atoms with Crippen LogP contribution >= 0.6 is 11.3 Å². The summed E-state index contributed by atoms with van der Waals surface area (Å²) in [5, 5.41) is 3.07. The van der Waals surface area contributed by atoms with Gasteiger partial charge in [-0.3, -0.25) is 9.47 Å². The number of likely N-dealkylation sites (N-methyl/N-ethyl adjacent to an activating group) is 1. The molecule has 0 aliphatic carbocycles. The molecule has 4 aromatic rings.